The number of fused-ring (bicyclic) bond motifs is 3. The maximum atomic E-state index is 2.42. The second-order valence-electron chi connectivity index (χ2n) is 5.93. The van der Waals surface area contributed by atoms with Crippen molar-refractivity contribution < 1.29 is 0 Å². The minimum absolute atomic E-state index is 0.376. The lowest BCUT2D eigenvalue weighted by Gasteiger charge is -2.14. The van der Waals surface area contributed by atoms with E-state index in [0.717, 1.165) is 6.67 Å². The van der Waals surface area contributed by atoms with E-state index in [9.17, 15) is 0 Å². The van der Waals surface area contributed by atoms with Crippen LogP contribution < -0.4 is 5.01 Å². The van der Waals surface area contributed by atoms with Crippen LogP contribution in [-0.2, 0) is 0 Å². The number of nitrogens with zero attached hydrogens (tertiary/aromatic N) is 2. The Labute approximate surface area is 130 Å². The monoisotopic (exact) mass is 284 g/mol. The van der Waals surface area contributed by atoms with Gasteiger partial charge in [0.05, 0.1) is 11.7 Å². The molecule has 3 aromatic rings. The van der Waals surface area contributed by atoms with E-state index in [1.54, 1.807) is 0 Å². The van der Waals surface area contributed by atoms with Crippen LogP contribution in [0.4, 0.5) is 5.69 Å². The number of hydrogen-bond donors (Lipinski definition) is 0. The van der Waals surface area contributed by atoms with Gasteiger partial charge in [-0.2, -0.15) is 5.01 Å². The van der Waals surface area contributed by atoms with E-state index in [4.69, 9.17) is 0 Å². The van der Waals surface area contributed by atoms with Gasteiger partial charge in [-0.25, -0.2) is 0 Å². The molecular formula is C20H16N2. The number of benzene rings is 3. The lowest BCUT2D eigenvalue weighted by atomic mass is 9.96. The fraction of sp³-hybridized carbons (Fsp3) is 0.100. The molecule has 0 aliphatic carbocycles. The molecule has 0 bridgehead atoms. The summed E-state index contributed by atoms with van der Waals surface area (Å²) in [5, 5.41) is 4.77. The molecule has 0 aromatic heterocycles. The smallest absolute Gasteiger partial charge is 0.106 e. The van der Waals surface area contributed by atoms with Gasteiger partial charge in [0.2, 0.25) is 0 Å². The van der Waals surface area contributed by atoms with Crippen LogP contribution in [0, 0.1) is 0 Å². The summed E-state index contributed by atoms with van der Waals surface area (Å²) < 4.78 is 0. The van der Waals surface area contributed by atoms with Crippen molar-refractivity contribution in [2.75, 3.05) is 11.7 Å². The van der Waals surface area contributed by atoms with Crippen molar-refractivity contribution in [2.45, 2.75) is 6.04 Å². The highest BCUT2D eigenvalue weighted by atomic mass is 15.8. The molecule has 1 unspecified atom stereocenters. The van der Waals surface area contributed by atoms with Crippen LogP contribution in [0.15, 0.2) is 78.9 Å². The van der Waals surface area contributed by atoms with Gasteiger partial charge in [0, 0.05) is 5.56 Å². The van der Waals surface area contributed by atoms with Crippen molar-refractivity contribution in [2.24, 2.45) is 0 Å². The zero-order valence-electron chi connectivity index (χ0n) is 12.2. The standard InChI is InChI=1S/C20H16N2/c1-2-6-15(7-3-1)16-10-12-17(13-11-16)20-18-8-4-5-9-19(18)21-14-22(20)21/h1-13,20H,14H2/t20?,21?,22-/m1/s1. The first-order chi connectivity index (χ1) is 10.9. The summed E-state index contributed by atoms with van der Waals surface area (Å²) in [4.78, 5) is 0. The Balaban J connectivity index is 1.53. The van der Waals surface area contributed by atoms with Crippen molar-refractivity contribution >= 4 is 5.69 Å². The maximum Gasteiger partial charge on any atom is 0.106 e. The molecule has 3 aromatic carbocycles. The molecule has 0 radical (unpaired) electrons. The summed E-state index contributed by atoms with van der Waals surface area (Å²) in [5.74, 6) is 0. The van der Waals surface area contributed by atoms with Gasteiger partial charge in [-0.3, -0.25) is 5.01 Å². The molecule has 2 nitrogen and oxygen atoms in total. The molecule has 22 heavy (non-hydrogen) atoms. The molecule has 2 heteroatoms. The molecule has 5 rings (SSSR count). The first-order valence-electron chi connectivity index (χ1n) is 7.70. The van der Waals surface area contributed by atoms with E-state index in [0.29, 0.717) is 6.04 Å². The lowest BCUT2D eigenvalue weighted by molar-refractivity contribution is 0.485. The van der Waals surface area contributed by atoms with E-state index in [2.05, 4.69) is 88.9 Å². The summed E-state index contributed by atoms with van der Waals surface area (Å²) >= 11 is 0. The average Bonchev–Trinajstić information content (AvgIpc) is 3.31. The molecule has 1 fully saturated rings. The van der Waals surface area contributed by atoms with Gasteiger partial charge in [0.15, 0.2) is 0 Å². The van der Waals surface area contributed by atoms with Gasteiger partial charge in [0.1, 0.15) is 6.67 Å². The maximum absolute atomic E-state index is 2.42. The molecular weight excluding hydrogens is 268 g/mol. The second-order valence-corrected chi connectivity index (χ2v) is 5.93. The van der Waals surface area contributed by atoms with Crippen LogP contribution in [0.1, 0.15) is 17.2 Å². The van der Waals surface area contributed by atoms with Crippen LogP contribution >= 0.6 is 0 Å². The second kappa shape index (κ2) is 4.46. The van der Waals surface area contributed by atoms with Crippen molar-refractivity contribution in [3.63, 3.8) is 0 Å². The Bertz CT molecular complexity index is 824. The highest BCUT2D eigenvalue weighted by Gasteiger charge is 2.47. The largest absolute Gasteiger partial charge is 0.287 e. The zero-order chi connectivity index (χ0) is 14.5. The van der Waals surface area contributed by atoms with Gasteiger partial charge in [-0.05, 0) is 22.8 Å². The highest BCUT2D eigenvalue weighted by Crippen LogP contribution is 2.50. The number of anilines is 1. The fourth-order valence-corrected chi connectivity index (χ4v) is 3.50. The SMILES string of the molecule is c1ccc(-c2ccc(C3c4ccccc4N4C[N@]34)cc2)cc1. The van der Waals surface area contributed by atoms with Gasteiger partial charge >= 0.3 is 0 Å². The van der Waals surface area contributed by atoms with E-state index in [-0.39, 0.29) is 0 Å². The van der Waals surface area contributed by atoms with Gasteiger partial charge in [-0.15, -0.1) is 0 Å². The van der Waals surface area contributed by atoms with E-state index < -0.39 is 0 Å². The molecule has 0 amide bonds. The van der Waals surface area contributed by atoms with E-state index in [1.165, 1.54) is 27.9 Å². The van der Waals surface area contributed by atoms with Crippen molar-refractivity contribution in [1.29, 1.82) is 0 Å². The Morgan fingerprint density at radius 1 is 0.682 bits per heavy atom. The van der Waals surface area contributed by atoms with Gasteiger partial charge in [0.25, 0.3) is 0 Å². The Morgan fingerprint density at radius 2 is 1.36 bits per heavy atom. The predicted octanol–water partition coefficient (Wildman–Crippen LogP) is 4.45. The summed E-state index contributed by atoms with van der Waals surface area (Å²) in [6.07, 6.45) is 0. The van der Waals surface area contributed by atoms with Crippen molar-refractivity contribution in [1.82, 2.24) is 5.01 Å². The molecule has 2 atom stereocenters. The van der Waals surface area contributed by atoms with Crippen LogP contribution in [-0.4, -0.2) is 11.7 Å². The molecule has 2 aliphatic rings. The first kappa shape index (κ1) is 12.0. The van der Waals surface area contributed by atoms with E-state index in [1.807, 2.05) is 0 Å². The van der Waals surface area contributed by atoms with Crippen LogP contribution in [0.25, 0.3) is 11.1 Å². The third-order valence-corrected chi connectivity index (χ3v) is 4.64. The first-order valence-corrected chi connectivity index (χ1v) is 7.70. The minimum Gasteiger partial charge on any atom is -0.287 e. The quantitative estimate of drug-likeness (QED) is 0.641. The molecule has 0 spiro atoms. The van der Waals surface area contributed by atoms with Gasteiger partial charge in [-0.1, -0.05) is 72.8 Å². The normalized spacial score (nSPS) is 21.4. The zero-order valence-corrected chi connectivity index (χ0v) is 12.2. The molecule has 0 N–H and O–H groups in total. The third kappa shape index (κ3) is 1.71. The summed E-state index contributed by atoms with van der Waals surface area (Å²) in [5.41, 5.74) is 6.69. The van der Waals surface area contributed by atoms with Crippen LogP contribution in [0.3, 0.4) is 0 Å². The number of hydrazine groups is 1. The summed E-state index contributed by atoms with van der Waals surface area (Å²) in [6.45, 7) is 1.04. The summed E-state index contributed by atoms with van der Waals surface area (Å²) in [7, 11) is 0. The molecule has 2 heterocycles. The Morgan fingerprint density at radius 3 is 2.18 bits per heavy atom. The number of hydrogen-bond acceptors (Lipinski definition) is 2. The lowest BCUT2D eigenvalue weighted by Crippen LogP contribution is -2.08. The molecule has 0 saturated carbocycles. The van der Waals surface area contributed by atoms with Crippen molar-refractivity contribution in [3.05, 3.63) is 90.0 Å². The molecule has 1 saturated heterocycles. The predicted molar refractivity (Wildman–Crippen MR) is 89.3 cm³/mol. The highest BCUT2D eigenvalue weighted by molar-refractivity contribution is 5.67. The van der Waals surface area contributed by atoms with Crippen molar-refractivity contribution in [3.8, 4) is 11.1 Å². The number of rotatable bonds is 2. The van der Waals surface area contributed by atoms with Crippen LogP contribution in [0.2, 0.25) is 0 Å². The third-order valence-electron chi connectivity index (χ3n) is 4.64. The van der Waals surface area contributed by atoms with Gasteiger partial charge < -0.3 is 0 Å². The summed E-state index contributed by atoms with van der Waals surface area (Å²) in [6, 6.07) is 28.7. The topological polar surface area (TPSA) is 6.02 Å². The minimum atomic E-state index is 0.376. The molecule has 2 aliphatic heterocycles. The Kier molecular flexibility index (Phi) is 2.43. The van der Waals surface area contributed by atoms with E-state index >= 15 is 0 Å². The fourth-order valence-electron chi connectivity index (χ4n) is 3.50. The Hall–Kier alpha value is -2.58. The average molecular weight is 284 g/mol. The number of para-hydroxylation sites is 1. The molecule has 106 valence electrons. The van der Waals surface area contributed by atoms with Crippen LogP contribution in [0.5, 0.6) is 0 Å².